The van der Waals surface area contributed by atoms with E-state index in [9.17, 15) is 4.39 Å². The third-order valence-electron chi connectivity index (χ3n) is 4.37. The van der Waals surface area contributed by atoms with Crippen LogP contribution in [0.15, 0.2) is 36.8 Å². The fourth-order valence-corrected chi connectivity index (χ4v) is 3.24. The zero-order valence-electron chi connectivity index (χ0n) is 13.0. The number of nitrogens with zero attached hydrogens (tertiary/aromatic N) is 5. The van der Waals surface area contributed by atoms with Crippen LogP contribution in [-0.2, 0) is 0 Å². The predicted molar refractivity (Wildman–Crippen MR) is 87.2 cm³/mol. The van der Waals surface area contributed by atoms with Gasteiger partial charge >= 0.3 is 0 Å². The molecule has 2 aromatic heterocycles. The average Bonchev–Trinajstić information content (AvgIpc) is 2.99. The molecule has 1 aromatic carbocycles. The Balaban J connectivity index is 1.78. The Morgan fingerprint density at radius 3 is 2.78 bits per heavy atom. The molecule has 0 aliphatic carbocycles. The van der Waals surface area contributed by atoms with Crippen molar-refractivity contribution in [3.63, 3.8) is 0 Å². The highest BCUT2D eigenvalue weighted by Crippen LogP contribution is 2.28. The molecular formula is C17H18FN5. The number of fused-ring (bicyclic) bond motifs is 1. The third-order valence-corrected chi connectivity index (χ3v) is 4.37. The maximum atomic E-state index is 13.1. The molecule has 23 heavy (non-hydrogen) atoms. The molecule has 0 spiro atoms. The summed E-state index contributed by atoms with van der Waals surface area (Å²) in [6.07, 6.45) is 5.82. The highest BCUT2D eigenvalue weighted by molar-refractivity contribution is 5.87. The molecule has 3 heterocycles. The minimum absolute atomic E-state index is 0.261. The predicted octanol–water partition coefficient (Wildman–Crippen LogP) is 3.19. The Kier molecular flexibility index (Phi) is 3.44. The SMILES string of the molecule is CC1CCCN(c2ncnc3c2cnn3-c2ccc(F)cc2)C1. The highest BCUT2D eigenvalue weighted by Gasteiger charge is 2.21. The topological polar surface area (TPSA) is 46.8 Å². The molecule has 4 rings (SSSR count). The number of hydrogen-bond acceptors (Lipinski definition) is 4. The molecule has 0 radical (unpaired) electrons. The van der Waals surface area contributed by atoms with Gasteiger partial charge in [0.05, 0.1) is 17.3 Å². The van der Waals surface area contributed by atoms with Crippen LogP contribution in [-0.4, -0.2) is 32.8 Å². The molecule has 3 aromatic rings. The van der Waals surface area contributed by atoms with Gasteiger partial charge in [-0.05, 0) is 43.0 Å². The molecule has 1 aliphatic heterocycles. The van der Waals surface area contributed by atoms with Crippen LogP contribution in [0, 0.1) is 11.7 Å². The Morgan fingerprint density at radius 1 is 1.17 bits per heavy atom. The number of benzene rings is 1. The van der Waals surface area contributed by atoms with E-state index in [1.165, 1.54) is 25.0 Å². The molecule has 0 bridgehead atoms. The molecule has 6 heteroatoms. The summed E-state index contributed by atoms with van der Waals surface area (Å²) in [4.78, 5) is 11.2. The van der Waals surface area contributed by atoms with E-state index in [0.717, 1.165) is 35.6 Å². The van der Waals surface area contributed by atoms with Crippen LogP contribution >= 0.6 is 0 Å². The Labute approximate surface area is 133 Å². The van der Waals surface area contributed by atoms with E-state index in [0.29, 0.717) is 5.92 Å². The van der Waals surface area contributed by atoms with Crippen molar-refractivity contribution in [2.24, 2.45) is 5.92 Å². The summed E-state index contributed by atoms with van der Waals surface area (Å²) in [6, 6.07) is 6.26. The van der Waals surface area contributed by atoms with Crippen molar-refractivity contribution >= 4 is 16.9 Å². The van der Waals surface area contributed by atoms with Crippen molar-refractivity contribution in [1.82, 2.24) is 19.7 Å². The van der Waals surface area contributed by atoms with Crippen molar-refractivity contribution in [3.05, 3.63) is 42.6 Å². The quantitative estimate of drug-likeness (QED) is 0.729. The number of anilines is 1. The van der Waals surface area contributed by atoms with Gasteiger partial charge in [-0.25, -0.2) is 19.0 Å². The molecule has 5 nitrogen and oxygen atoms in total. The molecule has 0 saturated carbocycles. The van der Waals surface area contributed by atoms with E-state index in [-0.39, 0.29) is 5.82 Å². The van der Waals surface area contributed by atoms with Crippen LogP contribution < -0.4 is 4.90 Å². The zero-order valence-corrected chi connectivity index (χ0v) is 13.0. The number of piperidine rings is 1. The number of hydrogen-bond donors (Lipinski definition) is 0. The first-order valence-electron chi connectivity index (χ1n) is 7.92. The largest absolute Gasteiger partial charge is 0.356 e. The maximum absolute atomic E-state index is 13.1. The first kappa shape index (κ1) is 14.1. The maximum Gasteiger partial charge on any atom is 0.168 e. The molecule has 118 valence electrons. The van der Waals surface area contributed by atoms with Crippen LogP contribution in [0.3, 0.4) is 0 Å². The van der Waals surface area contributed by atoms with Crippen molar-refractivity contribution in [1.29, 1.82) is 0 Å². The number of aromatic nitrogens is 4. The summed E-state index contributed by atoms with van der Waals surface area (Å²) in [5.74, 6) is 1.35. The Morgan fingerprint density at radius 2 is 2.00 bits per heavy atom. The van der Waals surface area contributed by atoms with Crippen molar-refractivity contribution in [3.8, 4) is 5.69 Å². The van der Waals surface area contributed by atoms with Gasteiger partial charge in [-0.15, -0.1) is 0 Å². The molecule has 0 N–H and O–H groups in total. The normalized spacial score (nSPS) is 18.5. The smallest absolute Gasteiger partial charge is 0.168 e. The van der Waals surface area contributed by atoms with Crippen LogP contribution in [0.4, 0.5) is 10.2 Å². The van der Waals surface area contributed by atoms with Gasteiger partial charge in [0.25, 0.3) is 0 Å². The standard InChI is InChI=1S/C17H18FN5/c1-12-3-2-8-22(10-12)16-15-9-21-23(17(15)20-11-19-16)14-6-4-13(18)5-7-14/h4-7,9,11-12H,2-3,8,10H2,1H3. The summed E-state index contributed by atoms with van der Waals surface area (Å²) >= 11 is 0. The summed E-state index contributed by atoms with van der Waals surface area (Å²) in [6.45, 7) is 4.29. The van der Waals surface area contributed by atoms with Crippen molar-refractivity contribution in [2.75, 3.05) is 18.0 Å². The Bertz CT molecular complexity index is 827. The van der Waals surface area contributed by atoms with Crippen molar-refractivity contribution < 1.29 is 4.39 Å². The second-order valence-electron chi connectivity index (χ2n) is 6.16. The molecule has 0 amide bonds. The second kappa shape index (κ2) is 5.61. The number of rotatable bonds is 2. The van der Waals surface area contributed by atoms with Crippen LogP contribution in [0.25, 0.3) is 16.7 Å². The molecular weight excluding hydrogens is 293 g/mol. The van der Waals surface area contributed by atoms with Gasteiger partial charge in [-0.3, -0.25) is 0 Å². The second-order valence-corrected chi connectivity index (χ2v) is 6.16. The van der Waals surface area contributed by atoms with Gasteiger partial charge in [0.1, 0.15) is 18.0 Å². The van der Waals surface area contributed by atoms with E-state index in [4.69, 9.17) is 0 Å². The zero-order chi connectivity index (χ0) is 15.8. The Hall–Kier alpha value is -2.50. The van der Waals surface area contributed by atoms with Crippen LogP contribution in [0.1, 0.15) is 19.8 Å². The van der Waals surface area contributed by atoms with E-state index in [1.807, 2.05) is 0 Å². The summed E-state index contributed by atoms with van der Waals surface area (Å²) in [5, 5.41) is 5.37. The fourth-order valence-electron chi connectivity index (χ4n) is 3.24. The lowest BCUT2D eigenvalue weighted by Crippen LogP contribution is -2.34. The molecule has 1 atom stereocenters. The van der Waals surface area contributed by atoms with Gasteiger partial charge < -0.3 is 4.90 Å². The van der Waals surface area contributed by atoms with E-state index in [1.54, 1.807) is 29.3 Å². The molecule has 1 aliphatic rings. The monoisotopic (exact) mass is 311 g/mol. The molecule has 1 saturated heterocycles. The van der Waals surface area contributed by atoms with Crippen LogP contribution in [0.2, 0.25) is 0 Å². The van der Waals surface area contributed by atoms with Gasteiger partial charge in [0.2, 0.25) is 0 Å². The third kappa shape index (κ3) is 2.54. The lowest BCUT2D eigenvalue weighted by molar-refractivity contribution is 0.445. The van der Waals surface area contributed by atoms with Crippen molar-refractivity contribution in [2.45, 2.75) is 19.8 Å². The first-order chi connectivity index (χ1) is 11.2. The van der Waals surface area contributed by atoms with Gasteiger partial charge in [-0.1, -0.05) is 6.92 Å². The highest BCUT2D eigenvalue weighted by atomic mass is 19.1. The van der Waals surface area contributed by atoms with Crippen LogP contribution in [0.5, 0.6) is 0 Å². The molecule has 1 fully saturated rings. The summed E-state index contributed by atoms with van der Waals surface area (Å²) < 4.78 is 14.9. The first-order valence-corrected chi connectivity index (χ1v) is 7.92. The average molecular weight is 311 g/mol. The minimum atomic E-state index is -0.261. The summed E-state index contributed by atoms with van der Waals surface area (Å²) in [5.41, 5.74) is 1.54. The van der Waals surface area contributed by atoms with E-state index < -0.39 is 0 Å². The van der Waals surface area contributed by atoms with Gasteiger partial charge in [0, 0.05) is 13.1 Å². The lowest BCUT2D eigenvalue weighted by Gasteiger charge is -2.31. The van der Waals surface area contributed by atoms with E-state index >= 15 is 0 Å². The summed E-state index contributed by atoms with van der Waals surface area (Å²) in [7, 11) is 0. The fraction of sp³-hybridized carbons (Fsp3) is 0.353. The van der Waals surface area contributed by atoms with E-state index in [2.05, 4.69) is 26.9 Å². The minimum Gasteiger partial charge on any atom is -0.356 e. The molecule has 1 unspecified atom stereocenters. The lowest BCUT2D eigenvalue weighted by atomic mass is 10.0. The number of halogens is 1. The van der Waals surface area contributed by atoms with Gasteiger partial charge in [-0.2, -0.15) is 5.10 Å². The van der Waals surface area contributed by atoms with Gasteiger partial charge in [0.15, 0.2) is 5.65 Å².